The van der Waals surface area contributed by atoms with Crippen LogP contribution >= 0.6 is 0 Å². The van der Waals surface area contributed by atoms with E-state index in [9.17, 15) is 9.59 Å². The Balaban J connectivity index is 2.03. The zero-order chi connectivity index (χ0) is 17.7. The predicted molar refractivity (Wildman–Crippen MR) is 97.5 cm³/mol. The summed E-state index contributed by atoms with van der Waals surface area (Å²) in [6.07, 6.45) is 0. The Labute approximate surface area is 143 Å². The summed E-state index contributed by atoms with van der Waals surface area (Å²) in [5.74, 6) is -0.355. The smallest absolute Gasteiger partial charge is 0.251 e. The molecule has 0 bridgehead atoms. The first-order valence-corrected chi connectivity index (χ1v) is 8.15. The lowest BCUT2D eigenvalue weighted by Crippen LogP contribution is -2.40. The molecule has 0 aliphatic carbocycles. The van der Waals surface area contributed by atoms with E-state index in [2.05, 4.69) is 5.32 Å². The molecule has 0 saturated heterocycles. The van der Waals surface area contributed by atoms with Crippen LogP contribution in [0.4, 0.5) is 5.69 Å². The van der Waals surface area contributed by atoms with E-state index in [1.807, 2.05) is 64.1 Å². The fraction of sp³-hybridized carbons (Fsp3) is 0.300. The van der Waals surface area contributed by atoms with Crippen molar-refractivity contribution in [3.8, 4) is 0 Å². The molecule has 0 aliphatic rings. The predicted octanol–water partition coefficient (Wildman–Crippen LogP) is 3.39. The van der Waals surface area contributed by atoms with Gasteiger partial charge in [-0.1, -0.05) is 18.2 Å². The van der Waals surface area contributed by atoms with Crippen LogP contribution in [0.5, 0.6) is 0 Å². The summed E-state index contributed by atoms with van der Waals surface area (Å²) in [5, 5.41) is 2.71. The zero-order valence-corrected chi connectivity index (χ0v) is 14.7. The van der Waals surface area contributed by atoms with Crippen molar-refractivity contribution in [2.75, 3.05) is 18.0 Å². The van der Waals surface area contributed by atoms with Crippen molar-refractivity contribution < 1.29 is 9.59 Å². The fourth-order valence-corrected chi connectivity index (χ4v) is 2.53. The molecule has 0 atom stereocenters. The summed E-state index contributed by atoms with van der Waals surface area (Å²) in [6.45, 7) is 8.42. The molecule has 0 spiro atoms. The number of nitrogens with one attached hydrogen (secondary N) is 1. The SMILES string of the molecule is CCN(C(=O)CNC(=O)c1ccc(C)c(C)c1)c1cccc(C)c1. The van der Waals surface area contributed by atoms with Gasteiger partial charge in [0.2, 0.25) is 5.91 Å². The van der Waals surface area contributed by atoms with Gasteiger partial charge in [-0.2, -0.15) is 0 Å². The topological polar surface area (TPSA) is 49.4 Å². The largest absolute Gasteiger partial charge is 0.343 e. The van der Waals surface area contributed by atoms with Gasteiger partial charge in [0.15, 0.2) is 0 Å². The standard InChI is InChI=1S/C20H24N2O2/c1-5-22(18-8-6-7-14(2)11-18)19(23)13-21-20(24)17-10-9-15(3)16(4)12-17/h6-12H,5,13H2,1-4H3,(H,21,24). The molecule has 24 heavy (non-hydrogen) atoms. The van der Waals surface area contributed by atoms with Crippen molar-refractivity contribution in [1.82, 2.24) is 5.32 Å². The van der Waals surface area contributed by atoms with Gasteiger partial charge in [-0.05, 0) is 68.7 Å². The lowest BCUT2D eigenvalue weighted by molar-refractivity contribution is -0.117. The highest BCUT2D eigenvalue weighted by Crippen LogP contribution is 2.16. The summed E-state index contributed by atoms with van der Waals surface area (Å²) < 4.78 is 0. The number of hydrogen-bond acceptors (Lipinski definition) is 2. The Kier molecular flexibility index (Phi) is 5.74. The molecule has 2 amide bonds. The quantitative estimate of drug-likeness (QED) is 0.916. The Morgan fingerprint density at radius 1 is 1.00 bits per heavy atom. The number of nitrogens with zero attached hydrogens (tertiary/aromatic N) is 1. The van der Waals surface area contributed by atoms with Crippen LogP contribution in [0, 0.1) is 20.8 Å². The van der Waals surface area contributed by atoms with Crippen molar-refractivity contribution in [1.29, 1.82) is 0 Å². The van der Waals surface area contributed by atoms with E-state index in [0.29, 0.717) is 12.1 Å². The highest BCUT2D eigenvalue weighted by Gasteiger charge is 2.15. The molecule has 0 aliphatic heterocycles. The number of carbonyl (C=O) groups excluding carboxylic acids is 2. The van der Waals surface area contributed by atoms with Gasteiger partial charge < -0.3 is 10.2 Å². The van der Waals surface area contributed by atoms with Crippen molar-refractivity contribution in [2.45, 2.75) is 27.7 Å². The molecule has 0 radical (unpaired) electrons. The Bertz CT molecular complexity index is 753. The second kappa shape index (κ2) is 7.77. The van der Waals surface area contributed by atoms with Gasteiger partial charge in [-0.15, -0.1) is 0 Å². The number of likely N-dealkylation sites (N-methyl/N-ethyl adjacent to an activating group) is 1. The normalized spacial score (nSPS) is 10.3. The monoisotopic (exact) mass is 324 g/mol. The van der Waals surface area contributed by atoms with Crippen molar-refractivity contribution in [3.63, 3.8) is 0 Å². The highest BCUT2D eigenvalue weighted by atomic mass is 16.2. The Morgan fingerprint density at radius 2 is 1.75 bits per heavy atom. The Morgan fingerprint density at radius 3 is 2.38 bits per heavy atom. The average Bonchev–Trinajstić information content (AvgIpc) is 2.56. The van der Waals surface area contributed by atoms with E-state index < -0.39 is 0 Å². The van der Waals surface area contributed by atoms with Crippen LogP contribution in [0.2, 0.25) is 0 Å². The molecular formula is C20H24N2O2. The number of hydrogen-bond donors (Lipinski definition) is 1. The van der Waals surface area contributed by atoms with Crippen LogP contribution < -0.4 is 10.2 Å². The van der Waals surface area contributed by atoms with Gasteiger partial charge in [-0.3, -0.25) is 9.59 Å². The molecule has 2 aromatic carbocycles. The maximum Gasteiger partial charge on any atom is 0.251 e. The van der Waals surface area contributed by atoms with Crippen LogP contribution in [0.25, 0.3) is 0 Å². The molecule has 1 N–H and O–H groups in total. The highest BCUT2D eigenvalue weighted by molar-refractivity contribution is 6.00. The maximum atomic E-state index is 12.5. The van der Waals surface area contributed by atoms with E-state index in [-0.39, 0.29) is 18.4 Å². The minimum Gasteiger partial charge on any atom is -0.343 e. The van der Waals surface area contributed by atoms with Crippen LogP contribution in [-0.4, -0.2) is 24.9 Å². The second-order valence-corrected chi connectivity index (χ2v) is 5.96. The first kappa shape index (κ1) is 17.7. The molecule has 4 heteroatoms. The molecule has 0 unspecified atom stereocenters. The molecule has 0 heterocycles. The van der Waals surface area contributed by atoms with Crippen LogP contribution in [0.1, 0.15) is 34.0 Å². The molecule has 2 rings (SSSR count). The van der Waals surface area contributed by atoms with E-state index in [4.69, 9.17) is 0 Å². The van der Waals surface area contributed by atoms with Gasteiger partial charge >= 0.3 is 0 Å². The minimum absolute atomic E-state index is 0.0203. The molecule has 0 saturated carbocycles. The minimum atomic E-state index is -0.230. The summed E-state index contributed by atoms with van der Waals surface area (Å²) in [4.78, 5) is 26.4. The van der Waals surface area contributed by atoms with Crippen LogP contribution in [0.15, 0.2) is 42.5 Å². The summed E-state index contributed by atoms with van der Waals surface area (Å²) in [7, 11) is 0. The number of anilines is 1. The van der Waals surface area contributed by atoms with Crippen molar-refractivity contribution in [2.24, 2.45) is 0 Å². The van der Waals surface area contributed by atoms with E-state index in [1.165, 1.54) is 0 Å². The molecule has 126 valence electrons. The number of aryl methyl sites for hydroxylation is 3. The average molecular weight is 324 g/mol. The fourth-order valence-electron chi connectivity index (χ4n) is 2.53. The molecule has 0 aromatic heterocycles. The number of amides is 2. The van der Waals surface area contributed by atoms with E-state index in [1.54, 1.807) is 11.0 Å². The van der Waals surface area contributed by atoms with E-state index in [0.717, 1.165) is 22.4 Å². The summed E-state index contributed by atoms with van der Waals surface area (Å²) >= 11 is 0. The van der Waals surface area contributed by atoms with Gasteiger partial charge in [-0.25, -0.2) is 0 Å². The molecule has 4 nitrogen and oxygen atoms in total. The van der Waals surface area contributed by atoms with Gasteiger partial charge in [0.1, 0.15) is 0 Å². The first-order valence-electron chi connectivity index (χ1n) is 8.15. The van der Waals surface area contributed by atoms with Crippen molar-refractivity contribution >= 4 is 17.5 Å². The number of rotatable bonds is 5. The second-order valence-electron chi connectivity index (χ2n) is 5.96. The molecule has 0 fully saturated rings. The van der Waals surface area contributed by atoms with Crippen molar-refractivity contribution in [3.05, 3.63) is 64.7 Å². The van der Waals surface area contributed by atoms with E-state index >= 15 is 0 Å². The lowest BCUT2D eigenvalue weighted by atomic mass is 10.1. The van der Waals surface area contributed by atoms with Gasteiger partial charge in [0.05, 0.1) is 6.54 Å². The third-order valence-corrected chi connectivity index (χ3v) is 4.10. The zero-order valence-electron chi connectivity index (χ0n) is 14.7. The van der Waals surface area contributed by atoms with Crippen LogP contribution in [0.3, 0.4) is 0 Å². The number of benzene rings is 2. The van der Waals surface area contributed by atoms with Crippen LogP contribution in [-0.2, 0) is 4.79 Å². The number of carbonyl (C=O) groups is 2. The molecule has 2 aromatic rings. The lowest BCUT2D eigenvalue weighted by Gasteiger charge is -2.21. The van der Waals surface area contributed by atoms with Gasteiger partial charge in [0, 0.05) is 17.8 Å². The Hall–Kier alpha value is -2.62. The maximum absolute atomic E-state index is 12.5. The molecular weight excluding hydrogens is 300 g/mol. The third kappa shape index (κ3) is 4.22. The van der Waals surface area contributed by atoms with Gasteiger partial charge in [0.25, 0.3) is 5.91 Å². The summed E-state index contributed by atoms with van der Waals surface area (Å²) in [5.41, 5.74) is 4.72. The summed E-state index contributed by atoms with van der Waals surface area (Å²) in [6, 6.07) is 13.3. The first-order chi connectivity index (χ1) is 11.4. The third-order valence-electron chi connectivity index (χ3n) is 4.10.